The summed E-state index contributed by atoms with van der Waals surface area (Å²) >= 11 is 0. The molecule has 4 nitrogen and oxygen atoms in total. The fourth-order valence-electron chi connectivity index (χ4n) is 2.19. The zero-order chi connectivity index (χ0) is 14.7. The number of benzene rings is 2. The van der Waals surface area contributed by atoms with Crippen molar-refractivity contribution in [2.45, 2.75) is 0 Å². The zero-order valence-corrected chi connectivity index (χ0v) is 11.1. The first kappa shape index (κ1) is 13.0. The normalized spacial score (nSPS) is 11.0. The van der Waals surface area contributed by atoms with Crippen molar-refractivity contribution >= 4 is 28.6 Å². The lowest BCUT2D eigenvalue weighted by Crippen LogP contribution is -1.91. The van der Waals surface area contributed by atoms with E-state index in [1.807, 2.05) is 36.4 Å². The molecule has 0 aliphatic rings. The van der Waals surface area contributed by atoms with Crippen LogP contribution in [0.1, 0.15) is 11.1 Å². The van der Waals surface area contributed by atoms with Crippen LogP contribution in [-0.4, -0.2) is 9.91 Å². The molecule has 0 aliphatic carbocycles. The summed E-state index contributed by atoms with van der Waals surface area (Å²) in [5.74, 6) is 0. The molecule has 1 heterocycles. The Morgan fingerprint density at radius 3 is 2.62 bits per heavy atom. The summed E-state index contributed by atoms with van der Waals surface area (Å²) in [5.41, 5.74) is 1.55. The number of aromatic nitrogens is 1. The van der Waals surface area contributed by atoms with Gasteiger partial charge in [-0.3, -0.25) is 15.1 Å². The number of nitrogens with zero attached hydrogens (tertiary/aromatic N) is 2. The number of fused-ring (bicyclic) bond motifs is 1. The molecule has 0 saturated heterocycles. The van der Waals surface area contributed by atoms with E-state index in [0.717, 1.165) is 10.9 Å². The third-order valence-corrected chi connectivity index (χ3v) is 3.26. The molecule has 21 heavy (non-hydrogen) atoms. The van der Waals surface area contributed by atoms with E-state index < -0.39 is 4.92 Å². The molecule has 2 aromatic carbocycles. The largest absolute Gasteiger partial charge is 0.294 e. The summed E-state index contributed by atoms with van der Waals surface area (Å²) in [5, 5.41) is 13.3. The van der Waals surface area contributed by atoms with Crippen molar-refractivity contribution in [3.8, 4) is 0 Å². The maximum absolute atomic E-state index is 10.9. The van der Waals surface area contributed by atoms with Gasteiger partial charge in [0.15, 0.2) is 0 Å². The average Bonchev–Trinajstić information content (AvgIpc) is 2.53. The Morgan fingerprint density at radius 1 is 1.00 bits per heavy atom. The number of nitro groups is 1. The molecule has 3 aromatic rings. The number of hydrogen-bond donors (Lipinski definition) is 0. The number of rotatable bonds is 3. The summed E-state index contributed by atoms with van der Waals surface area (Å²) in [6, 6.07) is 15.8. The molecule has 0 N–H and O–H groups in total. The van der Waals surface area contributed by atoms with Gasteiger partial charge in [0.1, 0.15) is 6.20 Å². The van der Waals surface area contributed by atoms with Crippen LogP contribution in [0.4, 0.5) is 5.69 Å². The number of pyridine rings is 1. The van der Waals surface area contributed by atoms with Gasteiger partial charge in [0.05, 0.1) is 10.5 Å². The third-order valence-electron chi connectivity index (χ3n) is 3.26. The second-order valence-corrected chi connectivity index (χ2v) is 4.63. The van der Waals surface area contributed by atoms with Crippen molar-refractivity contribution in [3.05, 3.63) is 82.2 Å². The highest BCUT2D eigenvalue weighted by Crippen LogP contribution is 2.21. The van der Waals surface area contributed by atoms with Crippen LogP contribution in [0.2, 0.25) is 0 Å². The first-order valence-electron chi connectivity index (χ1n) is 6.49. The minimum absolute atomic E-state index is 0.00883. The summed E-state index contributed by atoms with van der Waals surface area (Å²) in [6.07, 6.45) is 6.42. The van der Waals surface area contributed by atoms with Gasteiger partial charge in [0, 0.05) is 6.20 Å². The molecule has 0 radical (unpaired) electrons. The molecule has 0 saturated carbocycles. The van der Waals surface area contributed by atoms with Crippen LogP contribution in [0, 0.1) is 10.1 Å². The van der Waals surface area contributed by atoms with E-state index in [9.17, 15) is 10.1 Å². The van der Waals surface area contributed by atoms with Crippen molar-refractivity contribution < 1.29 is 4.92 Å². The predicted octanol–water partition coefficient (Wildman–Crippen LogP) is 4.31. The summed E-state index contributed by atoms with van der Waals surface area (Å²) in [4.78, 5) is 14.3. The van der Waals surface area contributed by atoms with Gasteiger partial charge in [-0.25, -0.2) is 0 Å². The molecule has 0 atom stereocenters. The van der Waals surface area contributed by atoms with E-state index in [1.54, 1.807) is 18.3 Å². The van der Waals surface area contributed by atoms with Crippen molar-refractivity contribution in [1.82, 2.24) is 4.98 Å². The second-order valence-electron chi connectivity index (χ2n) is 4.63. The molecule has 0 amide bonds. The van der Waals surface area contributed by atoms with Crippen molar-refractivity contribution in [1.29, 1.82) is 0 Å². The average molecular weight is 276 g/mol. The summed E-state index contributed by atoms with van der Waals surface area (Å²) in [7, 11) is 0. The highest BCUT2D eigenvalue weighted by molar-refractivity contribution is 5.86. The van der Waals surface area contributed by atoms with E-state index in [1.165, 1.54) is 11.6 Å². The Kier molecular flexibility index (Phi) is 3.43. The molecule has 0 bridgehead atoms. The lowest BCUT2D eigenvalue weighted by molar-refractivity contribution is -0.385. The predicted molar refractivity (Wildman–Crippen MR) is 83.8 cm³/mol. The number of hydrogen-bond acceptors (Lipinski definition) is 3. The van der Waals surface area contributed by atoms with Crippen molar-refractivity contribution in [2.24, 2.45) is 0 Å². The van der Waals surface area contributed by atoms with Crippen molar-refractivity contribution in [3.63, 3.8) is 0 Å². The van der Waals surface area contributed by atoms with E-state index in [4.69, 9.17) is 0 Å². The minimum atomic E-state index is -0.424. The van der Waals surface area contributed by atoms with Gasteiger partial charge in [-0.2, -0.15) is 0 Å². The maximum atomic E-state index is 10.9. The molecule has 1 aromatic heterocycles. The second kappa shape index (κ2) is 5.54. The molecule has 0 spiro atoms. The van der Waals surface area contributed by atoms with Gasteiger partial charge < -0.3 is 0 Å². The smallest absolute Gasteiger partial charge is 0.258 e. The molecular weight excluding hydrogens is 264 g/mol. The fraction of sp³-hybridized carbons (Fsp3) is 0. The van der Waals surface area contributed by atoms with Gasteiger partial charge in [-0.1, -0.05) is 42.5 Å². The lowest BCUT2D eigenvalue weighted by atomic mass is 10.1. The summed E-state index contributed by atoms with van der Waals surface area (Å²) in [6.45, 7) is 0. The minimum Gasteiger partial charge on any atom is -0.258 e. The zero-order valence-electron chi connectivity index (χ0n) is 11.1. The van der Waals surface area contributed by atoms with Gasteiger partial charge in [-0.05, 0) is 34.5 Å². The van der Waals surface area contributed by atoms with Gasteiger partial charge in [0.25, 0.3) is 5.69 Å². The third kappa shape index (κ3) is 2.79. The van der Waals surface area contributed by atoms with E-state index >= 15 is 0 Å². The molecule has 4 heteroatoms. The SMILES string of the molecule is O=[N+]([O-])c1cnccc1/C=C/c1ccc2ccccc2c1. The standard InChI is InChI=1S/C17H12N2O2/c20-19(21)17-12-18-10-9-15(17)8-6-13-5-7-14-3-1-2-4-16(14)11-13/h1-12H/b8-6+. The maximum Gasteiger partial charge on any atom is 0.294 e. The quantitative estimate of drug-likeness (QED) is 0.529. The van der Waals surface area contributed by atoms with E-state index in [-0.39, 0.29) is 5.69 Å². The molecule has 0 fully saturated rings. The lowest BCUT2D eigenvalue weighted by Gasteiger charge is -2.00. The molecule has 0 aliphatic heterocycles. The fourth-order valence-corrected chi connectivity index (χ4v) is 2.19. The van der Waals surface area contributed by atoms with Crippen LogP contribution < -0.4 is 0 Å². The highest BCUT2D eigenvalue weighted by Gasteiger charge is 2.10. The Hall–Kier alpha value is -3.01. The van der Waals surface area contributed by atoms with Crippen LogP contribution in [-0.2, 0) is 0 Å². The topological polar surface area (TPSA) is 56.0 Å². The Labute approximate surface area is 121 Å². The summed E-state index contributed by atoms with van der Waals surface area (Å²) < 4.78 is 0. The van der Waals surface area contributed by atoms with Crippen LogP contribution in [0.15, 0.2) is 60.9 Å². The Balaban J connectivity index is 1.96. The van der Waals surface area contributed by atoms with Gasteiger partial charge >= 0.3 is 0 Å². The molecular formula is C17H12N2O2. The van der Waals surface area contributed by atoms with Crippen molar-refractivity contribution in [2.75, 3.05) is 0 Å². The first-order valence-corrected chi connectivity index (χ1v) is 6.49. The van der Waals surface area contributed by atoms with E-state index in [2.05, 4.69) is 17.1 Å². The first-order chi connectivity index (χ1) is 10.2. The molecule has 102 valence electrons. The van der Waals surface area contributed by atoms with Gasteiger partial charge in [0.2, 0.25) is 0 Å². The highest BCUT2D eigenvalue weighted by atomic mass is 16.6. The Morgan fingerprint density at radius 2 is 1.81 bits per heavy atom. The van der Waals surface area contributed by atoms with Crippen LogP contribution in [0.3, 0.4) is 0 Å². The molecule has 0 unspecified atom stereocenters. The van der Waals surface area contributed by atoms with Crippen LogP contribution in [0.25, 0.3) is 22.9 Å². The monoisotopic (exact) mass is 276 g/mol. The van der Waals surface area contributed by atoms with Gasteiger partial charge in [-0.15, -0.1) is 0 Å². The van der Waals surface area contributed by atoms with Crippen LogP contribution >= 0.6 is 0 Å². The molecule has 3 rings (SSSR count). The van der Waals surface area contributed by atoms with Crippen LogP contribution in [0.5, 0.6) is 0 Å². The van der Waals surface area contributed by atoms with E-state index in [0.29, 0.717) is 5.56 Å². The Bertz CT molecular complexity index is 841.